The summed E-state index contributed by atoms with van der Waals surface area (Å²) in [6, 6.07) is 43.6. The van der Waals surface area contributed by atoms with Gasteiger partial charge in [0.2, 0.25) is 5.82 Å². The number of nitrogens with one attached hydrogen (secondary N) is 1. The van der Waals surface area contributed by atoms with Gasteiger partial charge >= 0.3 is 11.7 Å². The number of aromatic carboxylic acids is 1. The first-order chi connectivity index (χ1) is 31.4. The van der Waals surface area contributed by atoms with Gasteiger partial charge < -0.3 is 19.1 Å². The van der Waals surface area contributed by atoms with E-state index in [1.165, 1.54) is 0 Å². The molecule has 15 nitrogen and oxygen atoms in total. The molecule has 0 saturated carbocycles. The topological polar surface area (TPSA) is 189 Å². The average Bonchev–Trinajstić information content (AvgIpc) is 4.13. The van der Waals surface area contributed by atoms with Gasteiger partial charge in [0.1, 0.15) is 5.52 Å². The van der Waals surface area contributed by atoms with Crippen LogP contribution in [0.4, 0.5) is 0 Å². The minimum atomic E-state index is -1.04. The molecule has 2 N–H and O–H groups in total. The smallest absolute Gasteiger partial charge is 0.439 e. The molecule has 0 unspecified atom stereocenters. The van der Waals surface area contributed by atoms with Crippen LogP contribution >= 0.6 is 0 Å². The van der Waals surface area contributed by atoms with Crippen LogP contribution in [0.2, 0.25) is 0 Å². The van der Waals surface area contributed by atoms with Crippen molar-refractivity contribution in [2.45, 2.75) is 26.9 Å². The predicted octanol–water partition coefficient (Wildman–Crippen LogP) is 9.37. The van der Waals surface area contributed by atoms with Crippen LogP contribution in [0.5, 0.6) is 12.0 Å². The molecule has 64 heavy (non-hydrogen) atoms. The lowest BCUT2D eigenvalue weighted by atomic mass is 9.98. The molecule has 0 aliphatic heterocycles. The minimum absolute atomic E-state index is 0.124. The molecule has 10 rings (SSSR count). The summed E-state index contributed by atoms with van der Waals surface area (Å²) >= 11 is 0. The molecule has 316 valence electrons. The number of carboxylic acid groups (broad SMARTS) is 1. The monoisotopic (exact) mass is 850 g/mol. The second-order valence-corrected chi connectivity index (χ2v) is 14.8. The molecule has 0 spiro atoms. The molecule has 6 aromatic carbocycles. The lowest BCUT2D eigenvalue weighted by molar-refractivity contribution is 0.0698. The molecular weight excluding hydrogens is 813 g/mol. The second kappa shape index (κ2) is 16.7. The number of aromatic amines is 1. The van der Waals surface area contributed by atoms with Gasteiger partial charge in [-0.1, -0.05) is 120 Å². The van der Waals surface area contributed by atoms with Gasteiger partial charge in [0, 0.05) is 11.1 Å². The molecule has 0 fully saturated rings. The van der Waals surface area contributed by atoms with E-state index < -0.39 is 11.7 Å². The lowest BCUT2D eigenvalue weighted by Crippen LogP contribution is -2.05. The van der Waals surface area contributed by atoms with Crippen LogP contribution in [0, 0.1) is 0 Å². The largest absolute Gasteiger partial charge is 0.478 e. The van der Waals surface area contributed by atoms with E-state index >= 15 is 0 Å². The van der Waals surface area contributed by atoms with E-state index in [1.807, 2.05) is 144 Å². The predicted molar refractivity (Wildman–Crippen MR) is 239 cm³/mol. The number of carboxylic acids is 1. The number of hydrogen-bond acceptors (Lipinski definition) is 11. The van der Waals surface area contributed by atoms with Gasteiger partial charge in [0.25, 0.3) is 17.9 Å². The Kier molecular flexibility index (Phi) is 10.3. The molecule has 0 bridgehead atoms. The van der Waals surface area contributed by atoms with Gasteiger partial charge in [-0.15, -0.1) is 0 Å². The fraction of sp³-hybridized carbons (Fsp3) is 0.122. The van der Waals surface area contributed by atoms with E-state index in [0.29, 0.717) is 78.0 Å². The number of benzene rings is 6. The normalized spacial score (nSPS) is 11.4. The quantitative estimate of drug-likeness (QED) is 0.106. The molecule has 0 aliphatic rings. The highest BCUT2D eigenvalue weighted by atomic mass is 16.5. The summed E-state index contributed by atoms with van der Waals surface area (Å²) in [6.45, 7) is 5.46. The van der Waals surface area contributed by atoms with Crippen LogP contribution in [0.25, 0.3) is 78.6 Å². The van der Waals surface area contributed by atoms with Crippen molar-refractivity contribution in [3.8, 4) is 68.5 Å². The summed E-state index contributed by atoms with van der Waals surface area (Å²) in [5.41, 5.74) is 10.6. The van der Waals surface area contributed by atoms with Crippen molar-refractivity contribution in [2.24, 2.45) is 0 Å². The SMILES string of the molecule is CCOc1nc2c(C(=O)O)cccc2n1Cc1ccc(-c2ccccc2-c2noc(-c3cccc4nc(OCC)n(Cc5ccc(-c6ccccc6-c6noc(=O)[nH]6)cc5)c34)n2)cc1. The van der Waals surface area contributed by atoms with Crippen LogP contribution in [0.3, 0.4) is 0 Å². The maximum atomic E-state index is 11.9. The van der Waals surface area contributed by atoms with E-state index in [1.54, 1.807) is 12.1 Å². The maximum absolute atomic E-state index is 11.9. The third kappa shape index (κ3) is 7.34. The first-order valence-electron chi connectivity index (χ1n) is 20.6. The Morgan fingerprint density at radius 2 is 1.22 bits per heavy atom. The molecule has 0 saturated heterocycles. The average molecular weight is 851 g/mol. The number of H-pyrrole nitrogens is 1. The highest BCUT2D eigenvalue weighted by Crippen LogP contribution is 2.37. The Labute approximate surface area is 364 Å². The standard InChI is InChI=1S/C49H38N8O7/c1-3-61-47-50-39-17-9-16-38(42(39)57(47)28-30-21-25-32(26-22-30)34-12-6-8-14-36(34)44-53-49(60)64-55-44)45-52-43(54-63-45)35-13-7-5-11-33(35)31-23-19-29(20-24-31)27-56-40-18-10-15-37(46(58)59)41(40)51-48(56)62-4-2/h5-26H,3-4,27-28H2,1-2H3,(H,58,59)(H,53,55,60). The zero-order chi connectivity index (χ0) is 43.7. The number of fused-ring (bicyclic) bond motifs is 2. The summed E-state index contributed by atoms with van der Waals surface area (Å²) in [6.07, 6.45) is 0. The molecule has 0 amide bonds. The van der Waals surface area contributed by atoms with Crippen LogP contribution < -0.4 is 15.2 Å². The van der Waals surface area contributed by atoms with Crippen molar-refractivity contribution in [1.29, 1.82) is 0 Å². The van der Waals surface area contributed by atoms with Crippen LogP contribution in [0.1, 0.15) is 35.3 Å². The number of rotatable bonds is 14. The zero-order valence-corrected chi connectivity index (χ0v) is 34.6. The fourth-order valence-corrected chi connectivity index (χ4v) is 8.02. The van der Waals surface area contributed by atoms with Gasteiger partial charge in [-0.25, -0.2) is 9.59 Å². The van der Waals surface area contributed by atoms with Crippen LogP contribution in [-0.2, 0) is 13.1 Å². The van der Waals surface area contributed by atoms with E-state index in [2.05, 4.69) is 20.3 Å². The van der Waals surface area contributed by atoms with E-state index in [0.717, 1.165) is 50.0 Å². The van der Waals surface area contributed by atoms with E-state index in [-0.39, 0.29) is 5.56 Å². The molecular formula is C49H38N8O7. The minimum Gasteiger partial charge on any atom is -0.478 e. The Hall–Kier alpha value is -8.59. The Bertz CT molecular complexity index is 3380. The number of aromatic nitrogens is 8. The van der Waals surface area contributed by atoms with Crippen molar-refractivity contribution in [3.05, 3.63) is 161 Å². The summed E-state index contributed by atoms with van der Waals surface area (Å²) in [4.78, 5) is 40.6. The number of carbonyl (C=O) groups is 1. The van der Waals surface area contributed by atoms with Crippen molar-refractivity contribution < 1.29 is 28.4 Å². The van der Waals surface area contributed by atoms with Gasteiger partial charge in [0.15, 0.2) is 5.82 Å². The Balaban J connectivity index is 0.945. The molecule has 4 aromatic heterocycles. The van der Waals surface area contributed by atoms with Gasteiger partial charge in [-0.05, 0) is 71.5 Å². The van der Waals surface area contributed by atoms with Gasteiger partial charge in [-0.2, -0.15) is 15.0 Å². The highest BCUT2D eigenvalue weighted by Gasteiger charge is 2.23. The summed E-state index contributed by atoms with van der Waals surface area (Å²) < 4.78 is 26.6. The molecule has 0 aliphatic carbocycles. The molecule has 15 heteroatoms. The number of ether oxygens (including phenoxy) is 2. The van der Waals surface area contributed by atoms with Crippen molar-refractivity contribution in [2.75, 3.05) is 13.2 Å². The lowest BCUT2D eigenvalue weighted by Gasteiger charge is -2.12. The summed E-state index contributed by atoms with van der Waals surface area (Å²) in [5.74, 6) is -0.541. The Morgan fingerprint density at radius 1 is 0.625 bits per heavy atom. The zero-order valence-electron chi connectivity index (χ0n) is 34.6. The summed E-state index contributed by atoms with van der Waals surface area (Å²) in [7, 11) is 0. The van der Waals surface area contributed by atoms with Crippen LogP contribution in [0.15, 0.2) is 147 Å². The van der Waals surface area contributed by atoms with Crippen molar-refractivity contribution in [1.82, 2.24) is 39.4 Å². The third-order valence-electron chi connectivity index (χ3n) is 10.9. The van der Waals surface area contributed by atoms with Gasteiger partial charge in [0.05, 0.1) is 54.0 Å². The molecule has 0 atom stereocenters. The summed E-state index contributed by atoms with van der Waals surface area (Å²) in [5, 5.41) is 18.1. The number of imidazole rings is 2. The Morgan fingerprint density at radius 3 is 1.86 bits per heavy atom. The molecule has 0 radical (unpaired) electrons. The van der Waals surface area contributed by atoms with E-state index in [9.17, 15) is 14.7 Å². The molecule has 4 heterocycles. The number of nitrogens with zero attached hydrogens (tertiary/aromatic N) is 7. The first kappa shape index (κ1) is 39.5. The second-order valence-electron chi connectivity index (χ2n) is 14.8. The number of hydrogen-bond donors (Lipinski definition) is 2. The van der Waals surface area contributed by atoms with E-state index in [4.69, 9.17) is 28.5 Å². The van der Waals surface area contributed by atoms with Crippen LogP contribution in [-0.4, -0.2) is 63.7 Å². The molecule has 10 aromatic rings. The maximum Gasteiger partial charge on any atom is 0.439 e. The highest BCUT2D eigenvalue weighted by molar-refractivity contribution is 6.01. The fourth-order valence-electron chi connectivity index (χ4n) is 8.02. The van der Waals surface area contributed by atoms with Crippen molar-refractivity contribution in [3.63, 3.8) is 0 Å². The van der Waals surface area contributed by atoms with Gasteiger partial charge in [-0.3, -0.25) is 18.6 Å². The number of para-hydroxylation sites is 2. The third-order valence-corrected chi connectivity index (χ3v) is 10.9. The first-order valence-corrected chi connectivity index (χ1v) is 20.6. The van der Waals surface area contributed by atoms with Crippen molar-refractivity contribution >= 4 is 28.0 Å².